The molecule has 1 aromatic carbocycles. The van der Waals surface area contributed by atoms with Gasteiger partial charge in [-0.2, -0.15) is 0 Å². The molecule has 0 amide bonds. The zero-order chi connectivity index (χ0) is 11.3. The van der Waals surface area contributed by atoms with Gasteiger partial charge in [-0.1, -0.05) is 0 Å². The molecule has 0 heterocycles. The lowest BCUT2D eigenvalue weighted by Crippen LogP contribution is -2.16. The average Bonchev–Trinajstić information content (AvgIpc) is 2.14. The first-order valence-electron chi connectivity index (χ1n) is 5.03. The summed E-state index contributed by atoms with van der Waals surface area (Å²) >= 11 is 3.48. The van der Waals surface area contributed by atoms with Crippen LogP contribution < -0.4 is 11.1 Å². The molecule has 0 saturated carbocycles. The molecule has 0 spiro atoms. The summed E-state index contributed by atoms with van der Waals surface area (Å²) in [4.78, 5) is 2.18. The SMILES string of the molecule is CN(C)CCCNc1ccc(N)cc1Br. The highest BCUT2D eigenvalue weighted by molar-refractivity contribution is 9.10. The van der Waals surface area contributed by atoms with Crippen LogP contribution in [0.15, 0.2) is 22.7 Å². The molecule has 3 N–H and O–H groups in total. The number of benzene rings is 1. The second-order valence-electron chi connectivity index (χ2n) is 3.82. The largest absolute Gasteiger partial charge is 0.399 e. The minimum atomic E-state index is 0.778. The van der Waals surface area contributed by atoms with E-state index in [4.69, 9.17) is 5.73 Å². The van der Waals surface area contributed by atoms with Crippen molar-refractivity contribution >= 4 is 27.3 Å². The van der Waals surface area contributed by atoms with Crippen LogP contribution in [0.1, 0.15) is 6.42 Å². The summed E-state index contributed by atoms with van der Waals surface area (Å²) in [5.74, 6) is 0. The van der Waals surface area contributed by atoms with Gasteiger partial charge in [-0.15, -0.1) is 0 Å². The van der Waals surface area contributed by atoms with Gasteiger partial charge in [-0.05, 0) is 61.2 Å². The van der Waals surface area contributed by atoms with E-state index in [1.165, 1.54) is 0 Å². The molecular weight excluding hydrogens is 254 g/mol. The van der Waals surface area contributed by atoms with E-state index in [-0.39, 0.29) is 0 Å². The number of nitrogens with zero attached hydrogens (tertiary/aromatic N) is 1. The van der Waals surface area contributed by atoms with Crippen molar-refractivity contribution in [1.29, 1.82) is 0 Å². The molecule has 4 heteroatoms. The van der Waals surface area contributed by atoms with Gasteiger partial charge in [-0.25, -0.2) is 0 Å². The van der Waals surface area contributed by atoms with Crippen molar-refractivity contribution in [2.45, 2.75) is 6.42 Å². The molecule has 1 aromatic rings. The molecule has 0 aliphatic carbocycles. The van der Waals surface area contributed by atoms with E-state index < -0.39 is 0 Å². The number of nitrogen functional groups attached to an aromatic ring is 1. The summed E-state index contributed by atoms with van der Waals surface area (Å²) in [7, 11) is 4.16. The van der Waals surface area contributed by atoms with Gasteiger partial charge in [-0.3, -0.25) is 0 Å². The van der Waals surface area contributed by atoms with Crippen LogP contribution in [-0.2, 0) is 0 Å². The van der Waals surface area contributed by atoms with Crippen LogP contribution in [0.4, 0.5) is 11.4 Å². The Hall–Kier alpha value is -0.740. The molecule has 0 atom stereocenters. The van der Waals surface area contributed by atoms with Crippen LogP contribution in [0, 0.1) is 0 Å². The molecular formula is C11H18BrN3. The van der Waals surface area contributed by atoms with Crippen LogP contribution in [-0.4, -0.2) is 32.1 Å². The van der Waals surface area contributed by atoms with Gasteiger partial charge in [0.15, 0.2) is 0 Å². The first-order chi connectivity index (χ1) is 7.09. The minimum Gasteiger partial charge on any atom is -0.399 e. The smallest absolute Gasteiger partial charge is 0.0486 e. The molecule has 0 radical (unpaired) electrons. The monoisotopic (exact) mass is 271 g/mol. The predicted octanol–water partition coefficient (Wildman–Crippen LogP) is 2.39. The lowest BCUT2D eigenvalue weighted by molar-refractivity contribution is 0.405. The Morgan fingerprint density at radius 3 is 2.73 bits per heavy atom. The van der Waals surface area contributed by atoms with Gasteiger partial charge < -0.3 is 16.0 Å². The van der Waals surface area contributed by atoms with E-state index in [1.807, 2.05) is 18.2 Å². The summed E-state index contributed by atoms with van der Waals surface area (Å²) in [6.45, 7) is 2.07. The van der Waals surface area contributed by atoms with Crippen molar-refractivity contribution in [3.05, 3.63) is 22.7 Å². The molecule has 0 bridgehead atoms. The highest BCUT2D eigenvalue weighted by Gasteiger charge is 1.99. The van der Waals surface area contributed by atoms with E-state index in [9.17, 15) is 0 Å². The summed E-state index contributed by atoms with van der Waals surface area (Å²) in [6, 6.07) is 5.81. The first kappa shape index (κ1) is 12.3. The molecule has 84 valence electrons. The van der Waals surface area contributed by atoms with Gasteiger partial charge >= 0.3 is 0 Å². The standard InChI is InChI=1S/C11H18BrN3/c1-15(2)7-3-6-14-11-5-4-9(13)8-10(11)12/h4-5,8,14H,3,6-7,13H2,1-2H3. The Morgan fingerprint density at radius 1 is 1.40 bits per heavy atom. The lowest BCUT2D eigenvalue weighted by Gasteiger charge is -2.11. The normalized spacial score (nSPS) is 10.7. The van der Waals surface area contributed by atoms with Crippen molar-refractivity contribution in [1.82, 2.24) is 4.90 Å². The van der Waals surface area contributed by atoms with Gasteiger partial charge in [0.05, 0.1) is 0 Å². The summed E-state index contributed by atoms with van der Waals surface area (Å²) in [6.07, 6.45) is 1.13. The van der Waals surface area contributed by atoms with Crippen molar-refractivity contribution in [3.8, 4) is 0 Å². The molecule has 15 heavy (non-hydrogen) atoms. The van der Waals surface area contributed by atoms with Crippen LogP contribution in [0.3, 0.4) is 0 Å². The minimum absolute atomic E-state index is 0.778. The van der Waals surface area contributed by atoms with Crippen molar-refractivity contribution in [3.63, 3.8) is 0 Å². The number of nitrogens with one attached hydrogen (secondary N) is 1. The number of hydrogen-bond donors (Lipinski definition) is 2. The molecule has 0 aliphatic heterocycles. The van der Waals surface area contributed by atoms with Crippen LogP contribution in [0.2, 0.25) is 0 Å². The maximum atomic E-state index is 5.66. The Morgan fingerprint density at radius 2 is 2.13 bits per heavy atom. The van der Waals surface area contributed by atoms with E-state index in [1.54, 1.807) is 0 Å². The predicted molar refractivity (Wildman–Crippen MR) is 70.2 cm³/mol. The molecule has 0 aliphatic rings. The molecule has 3 nitrogen and oxygen atoms in total. The molecule has 0 aromatic heterocycles. The highest BCUT2D eigenvalue weighted by Crippen LogP contribution is 2.24. The first-order valence-corrected chi connectivity index (χ1v) is 5.82. The fourth-order valence-electron chi connectivity index (χ4n) is 1.29. The highest BCUT2D eigenvalue weighted by atomic mass is 79.9. The Kier molecular flexibility index (Phi) is 4.91. The third-order valence-electron chi connectivity index (χ3n) is 2.09. The lowest BCUT2D eigenvalue weighted by atomic mass is 10.3. The second-order valence-corrected chi connectivity index (χ2v) is 4.68. The van der Waals surface area contributed by atoms with Crippen molar-refractivity contribution in [2.75, 3.05) is 38.2 Å². The molecule has 0 unspecified atom stereocenters. The van der Waals surface area contributed by atoms with Crippen LogP contribution >= 0.6 is 15.9 Å². The van der Waals surface area contributed by atoms with Crippen molar-refractivity contribution < 1.29 is 0 Å². The number of rotatable bonds is 5. The molecule has 1 rings (SSSR count). The van der Waals surface area contributed by atoms with Crippen molar-refractivity contribution in [2.24, 2.45) is 0 Å². The topological polar surface area (TPSA) is 41.3 Å². The Labute approximate surface area is 99.8 Å². The number of hydrogen-bond acceptors (Lipinski definition) is 3. The Balaban J connectivity index is 2.37. The zero-order valence-electron chi connectivity index (χ0n) is 9.26. The maximum Gasteiger partial charge on any atom is 0.0486 e. The van der Waals surface area contributed by atoms with Gasteiger partial charge in [0.1, 0.15) is 0 Å². The van der Waals surface area contributed by atoms with Gasteiger partial charge in [0.2, 0.25) is 0 Å². The maximum absolute atomic E-state index is 5.66. The number of anilines is 2. The fraction of sp³-hybridized carbons (Fsp3) is 0.455. The molecule has 0 fully saturated rings. The zero-order valence-corrected chi connectivity index (χ0v) is 10.8. The van der Waals surface area contributed by atoms with Gasteiger partial charge in [0, 0.05) is 22.4 Å². The van der Waals surface area contributed by atoms with Crippen LogP contribution in [0.25, 0.3) is 0 Å². The van der Waals surface area contributed by atoms with E-state index in [2.05, 4.69) is 40.2 Å². The van der Waals surface area contributed by atoms with E-state index in [0.29, 0.717) is 0 Å². The molecule has 0 saturated heterocycles. The number of nitrogens with two attached hydrogens (primary N) is 1. The summed E-state index contributed by atoms with van der Waals surface area (Å²) < 4.78 is 1.02. The number of halogens is 1. The van der Waals surface area contributed by atoms with Crippen LogP contribution in [0.5, 0.6) is 0 Å². The van der Waals surface area contributed by atoms with E-state index >= 15 is 0 Å². The summed E-state index contributed by atoms with van der Waals surface area (Å²) in [5.41, 5.74) is 7.54. The Bertz CT molecular complexity index is 313. The average molecular weight is 272 g/mol. The quantitative estimate of drug-likeness (QED) is 0.639. The fourth-order valence-corrected chi connectivity index (χ4v) is 1.83. The second kappa shape index (κ2) is 5.98. The third-order valence-corrected chi connectivity index (χ3v) is 2.75. The third kappa shape index (κ3) is 4.53. The van der Waals surface area contributed by atoms with E-state index in [0.717, 1.165) is 35.4 Å². The van der Waals surface area contributed by atoms with Gasteiger partial charge in [0.25, 0.3) is 0 Å². The summed E-state index contributed by atoms with van der Waals surface area (Å²) in [5, 5.41) is 3.37.